The van der Waals surface area contributed by atoms with E-state index >= 15 is 0 Å². The Morgan fingerprint density at radius 1 is 1.50 bits per heavy atom. The number of hydrogen-bond donors (Lipinski definition) is 0. The quantitative estimate of drug-likeness (QED) is 0.815. The minimum atomic E-state index is 0.667. The van der Waals surface area contributed by atoms with Crippen molar-refractivity contribution in [2.45, 2.75) is 6.54 Å². The van der Waals surface area contributed by atoms with Gasteiger partial charge >= 0.3 is 0 Å². The molecule has 0 spiro atoms. The summed E-state index contributed by atoms with van der Waals surface area (Å²) in [7, 11) is 3.91. The molecule has 2 rings (SSSR count). The summed E-state index contributed by atoms with van der Waals surface area (Å²) in [6.07, 6.45) is 4.68. The molecule has 0 aliphatic carbocycles. The van der Waals surface area contributed by atoms with Gasteiger partial charge in [-0.2, -0.15) is 5.10 Å². The first kappa shape index (κ1) is 12.8. The van der Waals surface area contributed by atoms with Gasteiger partial charge in [-0.15, -0.1) is 0 Å². The van der Waals surface area contributed by atoms with E-state index in [0.29, 0.717) is 5.56 Å². The predicted molar refractivity (Wildman–Crippen MR) is 74.8 cm³/mol. The maximum Gasteiger partial charge on any atom is 0.150 e. The number of rotatable bonds is 4. The topological polar surface area (TPSA) is 38.1 Å². The number of halogens is 1. The molecule has 0 bridgehead atoms. The van der Waals surface area contributed by atoms with E-state index in [1.807, 2.05) is 44.7 Å². The van der Waals surface area contributed by atoms with Crippen molar-refractivity contribution >= 4 is 27.9 Å². The first-order valence-electron chi connectivity index (χ1n) is 5.53. The maximum atomic E-state index is 10.7. The van der Waals surface area contributed by atoms with Gasteiger partial charge in [0.1, 0.15) is 6.29 Å². The fourth-order valence-corrected chi connectivity index (χ4v) is 2.52. The van der Waals surface area contributed by atoms with Crippen LogP contribution in [0.4, 0.5) is 5.69 Å². The van der Waals surface area contributed by atoms with Gasteiger partial charge in [-0.1, -0.05) is 0 Å². The third-order valence-corrected chi connectivity index (χ3v) is 3.33. The molecule has 4 nitrogen and oxygen atoms in total. The molecule has 0 radical (unpaired) electrons. The monoisotopic (exact) mass is 307 g/mol. The van der Waals surface area contributed by atoms with E-state index in [2.05, 4.69) is 25.9 Å². The molecule has 5 heteroatoms. The molecular weight excluding hydrogens is 294 g/mol. The fraction of sp³-hybridized carbons (Fsp3) is 0.231. The third kappa shape index (κ3) is 2.79. The molecule has 94 valence electrons. The highest BCUT2D eigenvalue weighted by atomic mass is 79.9. The third-order valence-electron chi connectivity index (χ3n) is 2.70. The molecule has 0 saturated carbocycles. The van der Waals surface area contributed by atoms with Crippen LogP contribution < -0.4 is 4.90 Å². The lowest BCUT2D eigenvalue weighted by Crippen LogP contribution is -2.16. The largest absolute Gasteiger partial charge is 0.369 e. The Bertz CT molecular complexity index is 565. The number of nitrogens with zero attached hydrogens (tertiary/aromatic N) is 3. The van der Waals surface area contributed by atoms with Gasteiger partial charge in [-0.3, -0.25) is 9.48 Å². The van der Waals surface area contributed by atoms with E-state index in [-0.39, 0.29) is 0 Å². The van der Waals surface area contributed by atoms with Gasteiger partial charge in [-0.05, 0) is 34.1 Å². The van der Waals surface area contributed by atoms with Crippen LogP contribution in [-0.2, 0) is 13.6 Å². The number of hydrogen-bond acceptors (Lipinski definition) is 3. The molecule has 1 heterocycles. The molecule has 0 aliphatic heterocycles. The highest BCUT2D eigenvalue weighted by Gasteiger charge is 2.08. The van der Waals surface area contributed by atoms with E-state index < -0.39 is 0 Å². The highest BCUT2D eigenvalue weighted by Crippen LogP contribution is 2.27. The molecule has 0 saturated heterocycles. The molecule has 0 atom stereocenters. The Morgan fingerprint density at radius 3 is 2.83 bits per heavy atom. The van der Waals surface area contributed by atoms with Crippen LogP contribution in [0.3, 0.4) is 0 Å². The van der Waals surface area contributed by atoms with E-state index in [1.54, 1.807) is 4.68 Å². The second-order valence-corrected chi connectivity index (χ2v) is 5.06. The molecule has 18 heavy (non-hydrogen) atoms. The van der Waals surface area contributed by atoms with Crippen molar-refractivity contribution in [3.63, 3.8) is 0 Å². The zero-order valence-electron chi connectivity index (χ0n) is 10.3. The second-order valence-electron chi connectivity index (χ2n) is 4.21. The van der Waals surface area contributed by atoms with Gasteiger partial charge in [0.2, 0.25) is 0 Å². The fourth-order valence-electron chi connectivity index (χ4n) is 1.82. The van der Waals surface area contributed by atoms with E-state index in [4.69, 9.17) is 0 Å². The van der Waals surface area contributed by atoms with Crippen molar-refractivity contribution in [3.05, 3.63) is 46.2 Å². The standard InChI is InChI=1S/C13H14BrN3O/c1-16(7-11-6-15-17(2)8-11)13-4-3-10(9-18)5-12(13)14/h3-6,8-9H,7H2,1-2H3. The second kappa shape index (κ2) is 5.35. The maximum absolute atomic E-state index is 10.7. The Kier molecular flexibility index (Phi) is 3.81. The van der Waals surface area contributed by atoms with Crippen LogP contribution in [0.15, 0.2) is 35.1 Å². The smallest absolute Gasteiger partial charge is 0.150 e. The summed E-state index contributed by atoms with van der Waals surface area (Å²) < 4.78 is 2.70. The Balaban J connectivity index is 2.18. The lowest BCUT2D eigenvalue weighted by molar-refractivity contribution is 0.112. The number of benzene rings is 1. The first-order valence-corrected chi connectivity index (χ1v) is 6.33. The van der Waals surface area contributed by atoms with Crippen LogP contribution >= 0.6 is 15.9 Å². The molecule has 0 fully saturated rings. The van der Waals surface area contributed by atoms with Crippen molar-refractivity contribution < 1.29 is 4.79 Å². The molecule has 1 aromatic carbocycles. The summed E-state index contributed by atoms with van der Waals surface area (Å²) in [5.41, 5.74) is 2.86. The van der Waals surface area contributed by atoms with Gasteiger partial charge in [0.25, 0.3) is 0 Å². The average Bonchev–Trinajstić information content (AvgIpc) is 2.74. The molecule has 0 N–H and O–H groups in total. The van der Waals surface area contributed by atoms with E-state index in [0.717, 1.165) is 28.6 Å². The van der Waals surface area contributed by atoms with Gasteiger partial charge in [-0.25, -0.2) is 0 Å². The summed E-state index contributed by atoms with van der Waals surface area (Å²) in [5, 5.41) is 4.15. The van der Waals surface area contributed by atoms with Crippen LogP contribution in [-0.4, -0.2) is 23.1 Å². The van der Waals surface area contributed by atoms with Crippen molar-refractivity contribution in [1.29, 1.82) is 0 Å². The van der Waals surface area contributed by atoms with E-state index in [1.165, 1.54) is 0 Å². The number of aldehydes is 1. The van der Waals surface area contributed by atoms with Gasteiger partial charge in [0, 0.05) is 42.4 Å². The summed E-state index contributed by atoms with van der Waals surface area (Å²) >= 11 is 3.49. The van der Waals surface area contributed by atoms with Crippen LogP contribution in [0.1, 0.15) is 15.9 Å². The van der Waals surface area contributed by atoms with Crippen molar-refractivity contribution in [1.82, 2.24) is 9.78 Å². The van der Waals surface area contributed by atoms with Gasteiger partial charge < -0.3 is 4.90 Å². The van der Waals surface area contributed by atoms with Crippen LogP contribution in [0.2, 0.25) is 0 Å². The normalized spacial score (nSPS) is 10.4. The summed E-state index contributed by atoms with van der Waals surface area (Å²) in [4.78, 5) is 12.8. The van der Waals surface area contributed by atoms with Crippen molar-refractivity contribution in [3.8, 4) is 0 Å². The minimum Gasteiger partial charge on any atom is -0.369 e. The van der Waals surface area contributed by atoms with Crippen LogP contribution in [0, 0.1) is 0 Å². The zero-order valence-corrected chi connectivity index (χ0v) is 11.9. The highest BCUT2D eigenvalue weighted by molar-refractivity contribution is 9.10. The van der Waals surface area contributed by atoms with E-state index in [9.17, 15) is 4.79 Å². The molecular formula is C13H14BrN3O. The zero-order chi connectivity index (χ0) is 13.1. The predicted octanol–water partition coefficient (Wildman–Crippen LogP) is 2.63. The Hall–Kier alpha value is -1.62. The van der Waals surface area contributed by atoms with Gasteiger partial charge in [0.05, 0.1) is 11.9 Å². The number of anilines is 1. The number of aromatic nitrogens is 2. The SMILES string of the molecule is CN(Cc1cnn(C)c1)c1ccc(C=O)cc1Br. The minimum absolute atomic E-state index is 0.667. The van der Waals surface area contributed by atoms with Crippen LogP contribution in [0.5, 0.6) is 0 Å². The number of carbonyl (C=O) groups is 1. The summed E-state index contributed by atoms with van der Waals surface area (Å²) in [5.74, 6) is 0. The summed E-state index contributed by atoms with van der Waals surface area (Å²) in [6, 6.07) is 5.57. The van der Waals surface area contributed by atoms with Crippen molar-refractivity contribution in [2.24, 2.45) is 7.05 Å². The molecule has 0 aliphatic rings. The average molecular weight is 308 g/mol. The Labute approximate surface area is 114 Å². The van der Waals surface area contributed by atoms with Crippen molar-refractivity contribution in [2.75, 3.05) is 11.9 Å². The lowest BCUT2D eigenvalue weighted by Gasteiger charge is -2.20. The van der Waals surface area contributed by atoms with Gasteiger partial charge in [0.15, 0.2) is 0 Å². The summed E-state index contributed by atoms with van der Waals surface area (Å²) in [6.45, 7) is 0.771. The molecule has 1 aromatic heterocycles. The molecule has 0 amide bonds. The Morgan fingerprint density at radius 2 is 2.28 bits per heavy atom. The molecule has 0 unspecified atom stereocenters. The number of aryl methyl sites for hydroxylation is 1. The molecule has 2 aromatic rings. The lowest BCUT2D eigenvalue weighted by atomic mass is 10.2. The van der Waals surface area contributed by atoms with Crippen LogP contribution in [0.25, 0.3) is 0 Å². The first-order chi connectivity index (χ1) is 8.60. The number of carbonyl (C=O) groups excluding carboxylic acids is 1.